The number of nitrogens with two attached hydrogens (primary N) is 1. The Morgan fingerprint density at radius 1 is 1.45 bits per heavy atom. The molecule has 3 N–H and O–H groups in total. The van der Waals surface area contributed by atoms with E-state index in [9.17, 15) is 9.90 Å². The van der Waals surface area contributed by atoms with Gasteiger partial charge in [0.05, 0.1) is 11.1 Å². The fourth-order valence-corrected chi connectivity index (χ4v) is 2.87. The van der Waals surface area contributed by atoms with Crippen molar-refractivity contribution in [2.75, 3.05) is 13.1 Å². The molecule has 1 aromatic carbocycles. The molecule has 3 atom stereocenters. The van der Waals surface area contributed by atoms with E-state index >= 15 is 0 Å². The number of aliphatic hydroxyl groups excluding tert-OH is 1. The van der Waals surface area contributed by atoms with Crippen molar-refractivity contribution in [3.8, 4) is 0 Å². The first kappa shape index (κ1) is 14.9. The van der Waals surface area contributed by atoms with Crippen LogP contribution in [0.2, 0.25) is 0 Å². The molecule has 1 saturated heterocycles. The Morgan fingerprint density at radius 3 is 2.60 bits per heavy atom. The van der Waals surface area contributed by atoms with Gasteiger partial charge in [-0.3, -0.25) is 4.79 Å². The number of nitrogens with zero attached hydrogens (tertiary/aromatic N) is 1. The van der Waals surface area contributed by atoms with Crippen LogP contribution in [0.4, 0.5) is 0 Å². The minimum absolute atomic E-state index is 0.0631. The highest BCUT2D eigenvalue weighted by molar-refractivity contribution is 7.80. The van der Waals surface area contributed by atoms with Gasteiger partial charge >= 0.3 is 0 Å². The maximum Gasteiger partial charge on any atom is 0.237 e. The molecule has 1 amide bonds. The summed E-state index contributed by atoms with van der Waals surface area (Å²) in [6.45, 7) is 2.99. The van der Waals surface area contributed by atoms with Crippen LogP contribution in [0.1, 0.15) is 24.8 Å². The Morgan fingerprint density at radius 2 is 2.10 bits per heavy atom. The summed E-state index contributed by atoms with van der Waals surface area (Å²) in [5, 5.41) is 9.63. The monoisotopic (exact) mass is 292 g/mol. The summed E-state index contributed by atoms with van der Waals surface area (Å²) in [5.41, 5.74) is 6.59. The predicted octanol–water partition coefficient (Wildman–Crippen LogP) is 1.29. The van der Waals surface area contributed by atoms with E-state index in [4.69, 9.17) is 18.0 Å². The molecule has 0 radical (unpaired) electrons. The van der Waals surface area contributed by atoms with Crippen LogP contribution in [0.5, 0.6) is 0 Å². The Hall–Kier alpha value is -1.46. The first-order valence-electron chi connectivity index (χ1n) is 6.82. The average molecular weight is 292 g/mol. The molecule has 2 rings (SSSR count). The molecular weight excluding hydrogens is 272 g/mol. The lowest BCUT2D eigenvalue weighted by Gasteiger charge is -2.23. The zero-order valence-electron chi connectivity index (χ0n) is 11.5. The van der Waals surface area contributed by atoms with Crippen LogP contribution in [0.15, 0.2) is 30.3 Å². The van der Waals surface area contributed by atoms with Crippen LogP contribution < -0.4 is 5.73 Å². The maximum absolute atomic E-state index is 12.6. The third-order valence-electron chi connectivity index (χ3n) is 3.88. The Kier molecular flexibility index (Phi) is 4.73. The maximum atomic E-state index is 12.6. The number of carbonyl (C=O) groups is 1. The summed E-state index contributed by atoms with van der Waals surface area (Å²) in [5.74, 6) is -0.493. The van der Waals surface area contributed by atoms with Crippen molar-refractivity contribution in [1.29, 1.82) is 0 Å². The fraction of sp³-hybridized carbons (Fsp3) is 0.467. The van der Waals surface area contributed by atoms with E-state index in [2.05, 4.69) is 0 Å². The van der Waals surface area contributed by atoms with Gasteiger partial charge in [0, 0.05) is 19.0 Å². The molecular formula is C15H20N2O2S. The number of amides is 1. The molecule has 1 heterocycles. The molecule has 0 aromatic heterocycles. The lowest BCUT2D eigenvalue weighted by atomic mass is 9.97. The Labute approximate surface area is 124 Å². The quantitative estimate of drug-likeness (QED) is 0.821. The lowest BCUT2D eigenvalue weighted by Crippen LogP contribution is -2.39. The topological polar surface area (TPSA) is 66.6 Å². The van der Waals surface area contributed by atoms with E-state index in [0.29, 0.717) is 13.1 Å². The number of benzene rings is 1. The van der Waals surface area contributed by atoms with Gasteiger partial charge in [0.1, 0.15) is 5.92 Å². The lowest BCUT2D eigenvalue weighted by molar-refractivity contribution is -0.130. The summed E-state index contributed by atoms with van der Waals surface area (Å²) in [6, 6.07) is 9.37. The van der Waals surface area contributed by atoms with Crippen LogP contribution in [0.3, 0.4) is 0 Å². The van der Waals surface area contributed by atoms with Gasteiger partial charge in [-0.1, -0.05) is 42.5 Å². The van der Waals surface area contributed by atoms with Crippen LogP contribution in [0, 0.1) is 5.92 Å². The molecule has 1 aromatic rings. The zero-order chi connectivity index (χ0) is 14.7. The van der Waals surface area contributed by atoms with E-state index < -0.39 is 12.0 Å². The number of thiocarbonyl (C=S) groups is 1. The third kappa shape index (κ3) is 3.16. The van der Waals surface area contributed by atoms with E-state index in [0.717, 1.165) is 12.0 Å². The van der Waals surface area contributed by atoms with Crippen molar-refractivity contribution in [3.05, 3.63) is 35.9 Å². The second-order valence-corrected chi connectivity index (χ2v) is 5.79. The van der Waals surface area contributed by atoms with Gasteiger partial charge in [-0.2, -0.15) is 0 Å². The highest BCUT2D eigenvalue weighted by atomic mass is 32.1. The van der Waals surface area contributed by atoms with Crippen molar-refractivity contribution >= 4 is 23.1 Å². The molecule has 1 aliphatic heterocycles. The largest absolute Gasteiger partial charge is 0.393 e. The average Bonchev–Trinajstić information content (AvgIpc) is 2.89. The van der Waals surface area contributed by atoms with E-state index in [-0.39, 0.29) is 16.8 Å². The van der Waals surface area contributed by atoms with E-state index in [1.54, 1.807) is 11.8 Å². The second-order valence-electron chi connectivity index (χ2n) is 5.32. The van der Waals surface area contributed by atoms with E-state index in [1.165, 1.54) is 0 Å². The zero-order valence-corrected chi connectivity index (χ0v) is 12.3. The predicted molar refractivity (Wildman–Crippen MR) is 82.3 cm³/mol. The van der Waals surface area contributed by atoms with Crippen molar-refractivity contribution in [3.63, 3.8) is 0 Å². The molecule has 5 heteroatoms. The second kappa shape index (κ2) is 6.33. The molecule has 0 saturated carbocycles. The smallest absolute Gasteiger partial charge is 0.237 e. The van der Waals surface area contributed by atoms with Gasteiger partial charge in [0.2, 0.25) is 5.91 Å². The molecule has 0 aliphatic carbocycles. The Balaban J connectivity index is 2.15. The number of carbonyl (C=O) groups excluding carboxylic acids is 1. The third-order valence-corrected chi connectivity index (χ3v) is 4.12. The number of hydrogen-bond acceptors (Lipinski definition) is 3. The highest BCUT2D eigenvalue weighted by Gasteiger charge is 2.34. The summed E-state index contributed by atoms with van der Waals surface area (Å²) in [6.07, 6.45) is 0.426. The molecule has 108 valence electrons. The first-order chi connectivity index (χ1) is 9.50. The molecule has 3 unspecified atom stereocenters. The normalized spacial score (nSPS) is 21.5. The Bertz CT molecular complexity index is 490. The van der Waals surface area contributed by atoms with Crippen LogP contribution in [-0.4, -0.2) is 40.1 Å². The van der Waals surface area contributed by atoms with Crippen LogP contribution >= 0.6 is 12.2 Å². The molecule has 20 heavy (non-hydrogen) atoms. The molecule has 4 nitrogen and oxygen atoms in total. The number of aliphatic hydroxyl groups is 1. The van der Waals surface area contributed by atoms with E-state index in [1.807, 2.05) is 30.3 Å². The van der Waals surface area contributed by atoms with Crippen molar-refractivity contribution < 1.29 is 9.90 Å². The first-order valence-corrected chi connectivity index (χ1v) is 7.22. The number of rotatable bonds is 4. The molecule has 0 spiro atoms. The fourth-order valence-electron chi connectivity index (χ4n) is 2.64. The summed E-state index contributed by atoms with van der Waals surface area (Å²) in [7, 11) is 0. The molecule has 1 aliphatic rings. The summed E-state index contributed by atoms with van der Waals surface area (Å²) in [4.78, 5) is 14.6. The number of likely N-dealkylation sites (tertiary alicyclic amines) is 1. The SMILES string of the molecule is CC(O)C1CCN(C(=O)C(C(N)=S)c2ccccc2)C1. The highest BCUT2D eigenvalue weighted by Crippen LogP contribution is 2.25. The van der Waals surface area contributed by atoms with Gasteiger partial charge in [-0.25, -0.2) is 0 Å². The van der Waals surface area contributed by atoms with Crippen LogP contribution in [-0.2, 0) is 4.79 Å². The standard InChI is InChI=1S/C15H20N2O2S/c1-10(18)12-7-8-17(9-12)15(19)13(14(16)20)11-5-3-2-4-6-11/h2-6,10,12-13,18H,7-9H2,1H3,(H2,16,20). The minimum atomic E-state index is -0.570. The van der Waals surface area contributed by atoms with Gasteiger partial charge in [-0.15, -0.1) is 0 Å². The van der Waals surface area contributed by atoms with Gasteiger partial charge in [0.15, 0.2) is 0 Å². The van der Waals surface area contributed by atoms with Crippen LogP contribution in [0.25, 0.3) is 0 Å². The molecule has 0 bridgehead atoms. The summed E-state index contributed by atoms with van der Waals surface area (Å²) < 4.78 is 0. The summed E-state index contributed by atoms with van der Waals surface area (Å²) >= 11 is 5.07. The van der Waals surface area contributed by atoms with Crippen molar-refractivity contribution in [2.45, 2.75) is 25.4 Å². The van der Waals surface area contributed by atoms with Gasteiger partial charge in [-0.05, 0) is 18.9 Å². The van der Waals surface area contributed by atoms with Gasteiger partial charge in [0.25, 0.3) is 0 Å². The molecule has 1 fully saturated rings. The van der Waals surface area contributed by atoms with Crippen molar-refractivity contribution in [1.82, 2.24) is 4.90 Å². The number of hydrogen-bond donors (Lipinski definition) is 2. The van der Waals surface area contributed by atoms with Gasteiger partial charge < -0.3 is 15.7 Å². The minimum Gasteiger partial charge on any atom is -0.393 e. The van der Waals surface area contributed by atoms with Crippen molar-refractivity contribution in [2.24, 2.45) is 11.7 Å².